The van der Waals surface area contributed by atoms with Gasteiger partial charge >= 0.3 is 0 Å². The molecule has 1 saturated carbocycles. The SMILES string of the molecule is C#CC1(NC(=O)c2ccccc2)CCCCC1. The van der Waals surface area contributed by atoms with Crippen LogP contribution in [0.2, 0.25) is 0 Å². The van der Waals surface area contributed by atoms with Crippen LogP contribution in [-0.2, 0) is 0 Å². The summed E-state index contributed by atoms with van der Waals surface area (Å²) in [5.74, 6) is 2.72. The first kappa shape index (κ1) is 11.7. The van der Waals surface area contributed by atoms with E-state index in [2.05, 4.69) is 11.2 Å². The van der Waals surface area contributed by atoms with Crippen molar-refractivity contribution in [3.05, 3.63) is 35.9 Å². The summed E-state index contributed by atoms with van der Waals surface area (Å²) in [5.41, 5.74) is 0.248. The maximum absolute atomic E-state index is 12.1. The third kappa shape index (κ3) is 2.68. The number of benzene rings is 1. The Hall–Kier alpha value is -1.75. The van der Waals surface area contributed by atoms with Gasteiger partial charge in [-0.05, 0) is 25.0 Å². The molecule has 1 amide bonds. The normalized spacial score (nSPS) is 18.1. The smallest absolute Gasteiger partial charge is 0.252 e. The van der Waals surface area contributed by atoms with Gasteiger partial charge in [0.1, 0.15) is 5.54 Å². The van der Waals surface area contributed by atoms with Crippen molar-refractivity contribution in [3.8, 4) is 12.3 Å². The summed E-state index contributed by atoms with van der Waals surface area (Å²) >= 11 is 0. The Balaban J connectivity index is 2.10. The van der Waals surface area contributed by atoms with E-state index >= 15 is 0 Å². The Morgan fingerprint density at radius 3 is 2.41 bits per heavy atom. The van der Waals surface area contributed by atoms with Crippen LogP contribution in [0.15, 0.2) is 30.3 Å². The highest BCUT2D eigenvalue weighted by Crippen LogP contribution is 2.27. The predicted molar refractivity (Wildman–Crippen MR) is 68.6 cm³/mol. The van der Waals surface area contributed by atoms with Crippen molar-refractivity contribution in [1.29, 1.82) is 0 Å². The van der Waals surface area contributed by atoms with Crippen LogP contribution in [0.25, 0.3) is 0 Å². The van der Waals surface area contributed by atoms with Crippen molar-refractivity contribution in [3.63, 3.8) is 0 Å². The first-order valence-corrected chi connectivity index (χ1v) is 6.11. The summed E-state index contributed by atoms with van der Waals surface area (Å²) in [4.78, 5) is 12.1. The molecule has 0 saturated heterocycles. The highest BCUT2D eigenvalue weighted by Gasteiger charge is 2.31. The highest BCUT2D eigenvalue weighted by molar-refractivity contribution is 5.94. The van der Waals surface area contributed by atoms with Gasteiger partial charge in [-0.1, -0.05) is 43.4 Å². The number of terminal acetylenes is 1. The lowest BCUT2D eigenvalue weighted by Gasteiger charge is -2.33. The summed E-state index contributed by atoms with van der Waals surface area (Å²) in [5, 5.41) is 3.02. The van der Waals surface area contributed by atoms with E-state index in [1.807, 2.05) is 30.3 Å². The van der Waals surface area contributed by atoms with Crippen molar-refractivity contribution in [2.75, 3.05) is 0 Å². The fourth-order valence-corrected chi connectivity index (χ4v) is 2.34. The monoisotopic (exact) mass is 227 g/mol. The molecule has 1 aromatic carbocycles. The molecule has 17 heavy (non-hydrogen) atoms. The zero-order valence-electron chi connectivity index (χ0n) is 9.91. The third-order valence-electron chi connectivity index (χ3n) is 3.37. The molecule has 0 radical (unpaired) electrons. The van der Waals surface area contributed by atoms with Crippen molar-refractivity contribution in [1.82, 2.24) is 5.32 Å². The number of carbonyl (C=O) groups is 1. The van der Waals surface area contributed by atoms with E-state index in [0.29, 0.717) is 5.56 Å². The van der Waals surface area contributed by atoms with Crippen LogP contribution in [0.1, 0.15) is 42.5 Å². The van der Waals surface area contributed by atoms with Gasteiger partial charge in [0.15, 0.2) is 0 Å². The molecule has 88 valence electrons. The van der Waals surface area contributed by atoms with Crippen LogP contribution in [0.4, 0.5) is 0 Å². The lowest BCUT2D eigenvalue weighted by Crippen LogP contribution is -2.48. The molecule has 0 unspecified atom stereocenters. The van der Waals surface area contributed by atoms with Crippen LogP contribution in [0.3, 0.4) is 0 Å². The molecule has 0 heterocycles. The number of hydrogen-bond donors (Lipinski definition) is 1. The quantitative estimate of drug-likeness (QED) is 0.773. The van der Waals surface area contributed by atoms with Gasteiger partial charge in [0.25, 0.3) is 5.91 Å². The summed E-state index contributed by atoms with van der Waals surface area (Å²) in [6, 6.07) is 9.23. The van der Waals surface area contributed by atoms with Crippen LogP contribution < -0.4 is 5.32 Å². The molecule has 0 aromatic heterocycles. The van der Waals surface area contributed by atoms with Gasteiger partial charge in [0.05, 0.1) is 0 Å². The standard InChI is InChI=1S/C15H17NO/c1-2-15(11-7-4-8-12-15)16-14(17)13-9-5-3-6-10-13/h1,3,5-6,9-10H,4,7-8,11-12H2,(H,16,17). The summed E-state index contributed by atoms with van der Waals surface area (Å²) in [6.07, 6.45) is 10.8. The molecule has 0 bridgehead atoms. The number of hydrogen-bond acceptors (Lipinski definition) is 1. The molecule has 1 aromatic rings. The molecule has 1 aliphatic carbocycles. The van der Waals surface area contributed by atoms with Crippen molar-refractivity contribution >= 4 is 5.91 Å². The van der Waals surface area contributed by atoms with Crippen LogP contribution in [0.5, 0.6) is 0 Å². The second kappa shape index (κ2) is 5.05. The number of rotatable bonds is 2. The second-order valence-electron chi connectivity index (χ2n) is 4.61. The van der Waals surface area contributed by atoms with E-state index in [1.54, 1.807) is 0 Å². The minimum absolute atomic E-state index is 0.0644. The van der Waals surface area contributed by atoms with Gasteiger partial charge < -0.3 is 5.32 Å². The molecule has 0 aliphatic heterocycles. The molecule has 1 fully saturated rings. The molecule has 2 rings (SSSR count). The van der Waals surface area contributed by atoms with Crippen molar-refractivity contribution < 1.29 is 4.79 Å². The summed E-state index contributed by atoms with van der Waals surface area (Å²) in [6.45, 7) is 0. The molecule has 0 spiro atoms. The first-order valence-electron chi connectivity index (χ1n) is 6.11. The maximum atomic E-state index is 12.1. The van der Waals surface area contributed by atoms with E-state index in [1.165, 1.54) is 6.42 Å². The Bertz CT molecular complexity index is 424. The average Bonchev–Trinajstić information content (AvgIpc) is 2.41. The molecular formula is C15H17NO. The Kier molecular flexibility index (Phi) is 3.49. The Morgan fingerprint density at radius 1 is 1.18 bits per heavy atom. The fourth-order valence-electron chi connectivity index (χ4n) is 2.34. The van der Waals surface area contributed by atoms with E-state index in [-0.39, 0.29) is 5.91 Å². The Morgan fingerprint density at radius 2 is 1.82 bits per heavy atom. The molecular weight excluding hydrogens is 210 g/mol. The zero-order chi connectivity index (χ0) is 12.1. The Labute approximate surface area is 102 Å². The van der Waals surface area contributed by atoms with Gasteiger partial charge in [-0.25, -0.2) is 0 Å². The molecule has 1 aliphatic rings. The minimum atomic E-state index is -0.425. The minimum Gasteiger partial charge on any atom is -0.336 e. The van der Waals surface area contributed by atoms with Crippen LogP contribution >= 0.6 is 0 Å². The molecule has 2 heteroatoms. The number of carbonyl (C=O) groups excluding carboxylic acids is 1. The van der Waals surface area contributed by atoms with E-state index < -0.39 is 5.54 Å². The van der Waals surface area contributed by atoms with E-state index in [4.69, 9.17) is 6.42 Å². The van der Waals surface area contributed by atoms with Gasteiger partial charge in [-0.3, -0.25) is 4.79 Å². The van der Waals surface area contributed by atoms with E-state index in [9.17, 15) is 4.79 Å². The fraction of sp³-hybridized carbons (Fsp3) is 0.400. The van der Waals surface area contributed by atoms with Crippen LogP contribution in [-0.4, -0.2) is 11.4 Å². The number of amides is 1. The number of nitrogens with one attached hydrogen (secondary N) is 1. The first-order chi connectivity index (χ1) is 8.26. The predicted octanol–water partition coefficient (Wildman–Crippen LogP) is 2.75. The topological polar surface area (TPSA) is 29.1 Å². The highest BCUT2D eigenvalue weighted by atomic mass is 16.1. The van der Waals surface area contributed by atoms with Gasteiger partial charge in [0.2, 0.25) is 0 Å². The summed E-state index contributed by atoms with van der Waals surface area (Å²) in [7, 11) is 0. The lowest BCUT2D eigenvalue weighted by molar-refractivity contribution is 0.0904. The van der Waals surface area contributed by atoms with E-state index in [0.717, 1.165) is 25.7 Å². The van der Waals surface area contributed by atoms with Crippen molar-refractivity contribution in [2.24, 2.45) is 0 Å². The largest absolute Gasteiger partial charge is 0.336 e. The maximum Gasteiger partial charge on any atom is 0.252 e. The van der Waals surface area contributed by atoms with Gasteiger partial charge in [-0.15, -0.1) is 6.42 Å². The average molecular weight is 227 g/mol. The molecule has 1 N–H and O–H groups in total. The third-order valence-corrected chi connectivity index (χ3v) is 3.37. The van der Waals surface area contributed by atoms with Crippen molar-refractivity contribution in [2.45, 2.75) is 37.6 Å². The zero-order valence-corrected chi connectivity index (χ0v) is 9.91. The lowest BCUT2D eigenvalue weighted by atomic mass is 9.82. The summed E-state index contributed by atoms with van der Waals surface area (Å²) < 4.78 is 0. The van der Waals surface area contributed by atoms with Crippen LogP contribution in [0, 0.1) is 12.3 Å². The van der Waals surface area contributed by atoms with Gasteiger partial charge in [-0.2, -0.15) is 0 Å². The molecule has 0 atom stereocenters. The molecule has 2 nitrogen and oxygen atoms in total. The second-order valence-corrected chi connectivity index (χ2v) is 4.61. The van der Waals surface area contributed by atoms with Gasteiger partial charge in [0, 0.05) is 5.56 Å².